The molecule has 0 spiro atoms. The maximum atomic E-state index is 5.98. The molecule has 4 heteroatoms. The summed E-state index contributed by atoms with van der Waals surface area (Å²) in [5.74, 6) is 1.06. The first kappa shape index (κ1) is 12.1. The number of benzene rings is 1. The summed E-state index contributed by atoms with van der Waals surface area (Å²) in [7, 11) is 0. The van der Waals surface area contributed by atoms with Crippen LogP contribution in [0.25, 0.3) is 5.69 Å². The van der Waals surface area contributed by atoms with E-state index in [4.69, 9.17) is 17.3 Å². The van der Waals surface area contributed by atoms with Gasteiger partial charge in [-0.15, -0.1) is 0 Å². The number of nitrogens with zero attached hydrogens (tertiary/aromatic N) is 2. The van der Waals surface area contributed by atoms with Crippen molar-refractivity contribution in [1.82, 2.24) is 9.55 Å². The normalized spacial score (nSPS) is 10.8. The lowest BCUT2D eigenvalue weighted by molar-refractivity contribution is 0.803. The molecule has 0 radical (unpaired) electrons. The van der Waals surface area contributed by atoms with Gasteiger partial charge in [0.05, 0.1) is 5.69 Å². The van der Waals surface area contributed by atoms with Crippen LogP contribution in [0.2, 0.25) is 5.02 Å². The van der Waals surface area contributed by atoms with Crippen LogP contribution in [0.5, 0.6) is 0 Å². The zero-order valence-corrected chi connectivity index (χ0v) is 10.6. The molecule has 2 rings (SSSR count). The molecule has 90 valence electrons. The van der Waals surface area contributed by atoms with Crippen LogP contribution in [0.1, 0.15) is 24.7 Å². The molecule has 0 aliphatic carbocycles. The van der Waals surface area contributed by atoms with Gasteiger partial charge in [-0.2, -0.15) is 0 Å². The van der Waals surface area contributed by atoms with Crippen molar-refractivity contribution in [2.45, 2.75) is 26.3 Å². The van der Waals surface area contributed by atoms with Crippen LogP contribution < -0.4 is 5.73 Å². The molecule has 1 aromatic heterocycles. The highest BCUT2D eigenvalue weighted by atomic mass is 35.5. The molecular formula is C13H16ClN3. The fourth-order valence-corrected chi connectivity index (χ4v) is 2.11. The van der Waals surface area contributed by atoms with Gasteiger partial charge in [0.2, 0.25) is 0 Å². The van der Waals surface area contributed by atoms with Crippen molar-refractivity contribution in [1.29, 1.82) is 0 Å². The Balaban J connectivity index is 2.48. The van der Waals surface area contributed by atoms with E-state index in [1.807, 2.05) is 30.6 Å². The first-order valence-corrected chi connectivity index (χ1v) is 6.15. The first-order chi connectivity index (χ1) is 8.26. The van der Waals surface area contributed by atoms with Crippen LogP contribution >= 0.6 is 11.6 Å². The van der Waals surface area contributed by atoms with Crippen LogP contribution in [0.4, 0.5) is 0 Å². The Kier molecular flexibility index (Phi) is 3.82. The lowest BCUT2D eigenvalue weighted by Crippen LogP contribution is -2.06. The molecule has 2 N–H and O–H groups in total. The van der Waals surface area contributed by atoms with Crippen molar-refractivity contribution >= 4 is 11.6 Å². The molecule has 0 amide bonds. The van der Waals surface area contributed by atoms with Gasteiger partial charge in [-0.3, -0.25) is 0 Å². The van der Waals surface area contributed by atoms with Crippen LogP contribution in [0.15, 0.2) is 30.6 Å². The minimum atomic E-state index is 0.472. The molecule has 0 fully saturated rings. The van der Waals surface area contributed by atoms with E-state index < -0.39 is 0 Å². The van der Waals surface area contributed by atoms with Gasteiger partial charge in [0.15, 0.2) is 0 Å². The van der Waals surface area contributed by atoms with Crippen LogP contribution in [-0.2, 0) is 13.0 Å². The highest BCUT2D eigenvalue weighted by Gasteiger charge is 2.08. The third-order valence-electron chi connectivity index (χ3n) is 2.71. The highest BCUT2D eigenvalue weighted by molar-refractivity contribution is 6.30. The Morgan fingerprint density at radius 2 is 2.24 bits per heavy atom. The Bertz CT molecular complexity index is 505. The zero-order chi connectivity index (χ0) is 12.3. The van der Waals surface area contributed by atoms with E-state index in [9.17, 15) is 0 Å². The Hall–Kier alpha value is -1.32. The number of nitrogens with two attached hydrogens (primary N) is 1. The topological polar surface area (TPSA) is 43.8 Å². The average Bonchev–Trinajstić information content (AvgIpc) is 2.77. The van der Waals surface area contributed by atoms with Gasteiger partial charge in [-0.05, 0) is 30.2 Å². The number of hydrogen-bond acceptors (Lipinski definition) is 2. The van der Waals surface area contributed by atoms with E-state index in [0.717, 1.165) is 29.9 Å². The number of aryl methyl sites for hydroxylation is 1. The fraction of sp³-hybridized carbons (Fsp3) is 0.308. The second kappa shape index (κ2) is 5.34. The summed E-state index contributed by atoms with van der Waals surface area (Å²) in [6.45, 7) is 2.62. The minimum absolute atomic E-state index is 0.472. The highest BCUT2D eigenvalue weighted by Crippen LogP contribution is 2.21. The Morgan fingerprint density at radius 3 is 2.94 bits per heavy atom. The summed E-state index contributed by atoms with van der Waals surface area (Å²) >= 11 is 5.98. The summed E-state index contributed by atoms with van der Waals surface area (Å²) in [6.07, 6.45) is 5.81. The van der Waals surface area contributed by atoms with Gasteiger partial charge in [0, 0.05) is 30.4 Å². The zero-order valence-electron chi connectivity index (χ0n) is 9.86. The third-order valence-corrected chi connectivity index (χ3v) is 2.95. The predicted molar refractivity (Wildman–Crippen MR) is 70.5 cm³/mol. The third kappa shape index (κ3) is 2.51. The molecule has 2 aromatic rings. The summed E-state index contributed by atoms with van der Waals surface area (Å²) < 4.78 is 2.09. The number of aromatic nitrogens is 2. The molecule has 1 aromatic carbocycles. The number of imidazole rings is 1. The van der Waals surface area contributed by atoms with E-state index in [0.29, 0.717) is 11.6 Å². The van der Waals surface area contributed by atoms with E-state index in [2.05, 4.69) is 16.5 Å². The second-order valence-electron chi connectivity index (χ2n) is 3.94. The maximum absolute atomic E-state index is 5.98. The molecule has 0 unspecified atom stereocenters. The van der Waals surface area contributed by atoms with Gasteiger partial charge >= 0.3 is 0 Å². The summed E-state index contributed by atoms with van der Waals surface area (Å²) in [5, 5.41) is 0.714. The number of rotatable bonds is 4. The quantitative estimate of drug-likeness (QED) is 0.906. The minimum Gasteiger partial charge on any atom is -0.326 e. The molecule has 3 nitrogen and oxygen atoms in total. The summed E-state index contributed by atoms with van der Waals surface area (Å²) in [4.78, 5) is 4.37. The van der Waals surface area contributed by atoms with E-state index in [-0.39, 0.29) is 0 Å². The van der Waals surface area contributed by atoms with Crippen molar-refractivity contribution in [3.8, 4) is 5.69 Å². The molecule has 0 saturated carbocycles. The molecule has 0 aliphatic heterocycles. The molecule has 0 bridgehead atoms. The molecule has 0 aliphatic rings. The van der Waals surface area contributed by atoms with Gasteiger partial charge in [-0.1, -0.05) is 18.5 Å². The van der Waals surface area contributed by atoms with Crippen molar-refractivity contribution in [3.05, 3.63) is 47.0 Å². The van der Waals surface area contributed by atoms with Crippen molar-refractivity contribution in [3.63, 3.8) is 0 Å². The summed E-state index contributed by atoms with van der Waals surface area (Å²) in [6, 6.07) is 5.78. The largest absolute Gasteiger partial charge is 0.326 e. The van der Waals surface area contributed by atoms with Gasteiger partial charge in [0.1, 0.15) is 5.82 Å². The van der Waals surface area contributed by atoms with Crippen LogP contribution in [-0.4, -0.2) is 9.55 Å². The predicted octanol–water partition coefficient (Wildman–Crippen LogP) is 2.94. The van der Waals surface area contributed by atoms with Crippen LogP contribution in [0, 0.1) is 0 Å². The van der Waals surface area contributed by atoms with Gasteiger partial charge < -0.3 is 10.3 Å². The molecule has 0 saturated heterocycles. The molecule has 1 heterocycles. The average molecular weight is 250 g/mol. The monoisotopic (exact) mass is 249 g/mol. The smallest absolute Gasteiger partial charge is 0.113 e. The summed E-state index contributed by atoms with van der Waals surface area (Å²) in [5.41, 5.74) is 7.86. The van der Waals surface area contributed by atoms with E-state index in [1.165, 1.54) is 0 Å². The lowest BCUT2D eigenvalue weighted by atomic mass is 10.1. The number of halogens is 1. The standard InChI is InChI=1S/C13H16ClN3/c1-2-3-13-16-6-7-17(13)12-5-4-11(14)8-10(12)9-15/h4-8H,2-3,9,15H2,1H3. The van der Waals surface area contributed by atoms with Crippen molar-refractivity contribution in [2.24, 2.45) is 5.73 Å². The SMILES string of the molecule is CCCc1nccn1-c1ccc(Cl)cc1CN. The fourth-order valence-electron chi connectivity index (χ4n) is 1.91. The first-order valence-electron chi connectivity index (χ1n) is 5.77. The Labute approximate surface area is 106 Å². The second-order valence-corrected chi connectivity index (χ2v) is 4.38. The molecule has 0 atom stereocenters. The van der Waals surface area contributed by atoms with Crippen molar-refractivity contribution in [2.75, 3.05) is 0 Å². The van der Waals surface area contributed by atoms with Crippen LogP contribution in [0.3, 0.4) is 0 Å². The van der Waals surface area contributed by atoms with E-state index >= 15 is 0 Å². The Morgan fingerprint density at radius 1 is 1.41 bits per heavy atom. The van der Waals surface area contributed by atoms with E-state index in [1.54, 1.807) is 0 Å². The number of hydrogen-bond donors (Lipinski definition) is 1. The molecular weight excluding hydrogens is 234 g/mol. The molecule has 17 heavy (non-hydrogen) atoms. The van der Waals surface area contributed by atoms with Gasteiger partial charge in [0.25, 0.3) is 0 Å². The maximum Gasteiger partial charge on any atom is 0.113 e. The van der Waals surface area contributed by atoms with Crippen molar-refractivity contribution < 1.29 is 0 Å². The lowest BCUT2D eigenvalue weighted by Gasteiger charge is -2.12. The van der Waals surface area contributed by atoms with Gasteiger partial charge in [-0.25, -0.2) is 4.98 Å².